The molecule has 1 aliphatic carbocycles. The van der Waals surface area contributed by atoms with Crippen LogP contribution in [0.2, 0.25) is 0 Å². The molecule has 1 aliphatic rings. The summed E-state index contributed by atoms with van der Waals surface area (Å²) >= 11 is 0. The summed E-state index contributed by atoms with van der Waals surface area (Å²) in [5, 5.41) is 7.21. The molecular formula is C17H22N4O2. The molecule has 0 spiro atoms. The second kappa shape index (κ2) is 5.45. The van der Waals surface area contributed by atoms with Crippen LogP contribution < -0.4 is 5.32 Å². The fourth-order valence-electron chi connectivity index (χ4n) is 3.10. The highest BCUT2D eigenvalue weighted by Gasteiger charge is 2.58. The third-order valence-electron chi connectivity index (χ3n) is 5.38. The number of nitrogens with zero attached hydrogens (tertiary/aromatic N) is 3. The number of carbonyl (C=O) groups excluding carboxylic acids is 1. The molecule has 2 aromatic rings. The van der Waals surface area contributed by atoms with Gasteiger partial charge < -0.3 is 10.1 Å². The highest BCUT2D eigenvalue weighted by molar-refractivity contribution is 5.95. The Bertz CT molecular complexity index is 711. The van der Waals surface area contributed by atoms with Crippen molar-refractivity contribution in [3.63, 3.8) is 0 Å². The zero-order valence-electron chi connectivity index (χ0n) is 13.9. The average Bonchev–Trinajstić information content (AvgIpc) is 3.08. The van der Waals surface area contributed by atoms with Crippen LogP contribution in [0.1, 0.15) is 37.6 Å². The molecule has 1 amide bonds. The van der Waals surface area contributed by atoms with E-state index in [1.165, 1.54) is 6.33 Å². The zero-order valence-corrected chi connectivity index (χ0v) is 13.9. The second-order valence-electron chi connectivity index (χ2n) is 6.78. The minimum atomic E-state index is -0.201. The molecule has 1 fully saturated rings. The lowest BCUT2D eigenvalue weighted by Gasteiger charge is -2.59. The average molecular weight is 314 g/mol. The molecule has 6 heteroatoms. The van der Waals surface area contributed by atoms with Crippen molar-refractivity contribution in [1.29, 1.82) is 0 Å². The molecule has 6 nitrogen and oxygen atoms in total. The van der Waals surface area contributed by atoms with Gasteiger partial charge in [-0.15, -0.1) is 0 Å². The number of benzene rings is 1. The van der Waals surface area contributed by atoms with Crippen LogP contribution in [0.4, 0.5) is 0 Å². The van der Waals surface area contributed by atoms with Crippen LogP contribution in [-0.2, 0) is 4.74 Å². The van der Waals surface area contributed by atoms with E-state index in [0.29, 0.717) is 5.56 Å². The predicted octanol–water partition coefficient (Wildman–Crippen LogP) is 2.20. The maximum atomic E-state index is 12.6. The van der Waals surface area contributed by atoms with E-state index < -0.39 is 0 Å². The summed E-state index contributed by atoms with van der Waals surface area (Å²) in [6.07, 6.45) is 3.89. The summed E-state index contributed by atoms with van der Waals surface area (Å²) in [6, 6.07) is 7.44. The van der Waals surface area contributed by atoms with Crippen molar-refractivity contribution in [1.82, 2.24) is 20.1 Å². The Morgan fingerprint density at radius 1 is 1.39 bits per heavy atom. The van der Waals surface area contributed by atoms with Gasteiger partial charge in [-0.2, -0.15) is 5.10 Å². The van der Waals surface area contributed by atoms with Crippen molar-refractivity contribution in [3.8, 4) is 5.69 Å². The maximum Gasteiger partial charge on any atom is 0.251 e. The molecule has 3 rings (SSSR count). The van der Waals surface area contributed by atoms with Gasteiger partial charge in [-0.3, -0.25) is 4.79 Å². The van der Waals surface area contributed by atoms with Crippen LogP contribution in [-0.4, -0.2) is 39.4 Å². The quantitative estimate of drug-likeness (QED) is 0.939. The number of rotatable bonds is 4. The molecular weight excluding hydrogens is 292 g/mol. The van der Waals surface area contributed by atoms with Crippen LogP contribution in [0.3, 0.4) is 0 Å². The van der Waals surface area contributed by atoms with Crippen molar-refractivity contribution in [2.75, 3.05) is 7.11 Å². The van der Waals surface area contributed by atoms with Gasteiger partial charge in [-0.25, -0.2) is 9.67 Å². The van der Waals surface area contributed by atoms with Gasteiger partial charge in [0.15, 0.2) is 0 Å². The number of nitrogens with one attached hydrogen (secondary N) is 1. The van der Waals surface area contributed by atoms with Crippen molar-refractivity contribution in [2.24, 2.45) is 5.41 Å². The minimum absolute atomic E-state index is 0.0804. The number of methoxy groups -OCH3 is 1. The monoisotopic (exact) mass is 314 g/mol. The largest absolute Gasteiger partial charge is 0.378 e. The lowest BCUT2D eigenvalue weighted by molar-refractivity contribution is -0.177. The Balaban J connectivity index is 1.74. The molecule has 0 saturated heterocycles. The fraction of sp³-hybridized carbons (Fsp3) is 0.471. The Morgan fingerprint density at radius 3 is 2.78 bits per heavy atom. The van der Waals surface area contributed by atoms with Crippen molar-refractivity contribution in [2.45, 2.75) is 38.8 Å². The predicted molar refractivity (Wildman–Crippen MR) is 86.4 cm³/mol. The lowest BCUT2D eigenvalue weighted by Crippen LogP contribution is -2.68. The molecule has 1 aromatic heterocycles. The molecule has 1 N–H and O–H groups in total. The van der Waals surface area contributed by atoms with E-state index in [4.69, 9.17) is 4.74 Å². The third-order valence-corrected chi connectivity index (χ3v) is 5.38. The summed E-state index contributed by atoms with van der Waals surface area (Å²) in [7, 11) is 1.72. The molecule has 0 aliphatic heterocycles. The van der Waals surface area contributed by atoms with Crippen LogP contribution in [0.5, 0.6) is 0 Å². The number of hydrogen-bond donors (Lipinski definition) is 1. The molecule has 23 heavy (non-hydrogen) atoms. The topological polar surface area (TPSA) is 69.0 Å². The normalized spacial score (nSPS) is 25.7. The first-order chi connectivity index (χ1) is 10.9. The van der Waals surface area contributed by atoms with Crippen LogP contribution in [0, 0.1) is 5.41 Å². The maximum absolute atomic E-state index is 12.6. The Kier molecular flexibility index (Phi) is 3.72. The summed E-state index contributed by atoms with van der Waals surface area (Å²) in [6.45, 7) is 6.33. The van der Waals surface area contributed by atoms with Gasteiger partial charge in [0.25, 0.3) is 5.91 Å². The molecule has 0 radical (unpaired) electrons. The van der Waals surface area contributed by atoms with E-state index in [-0.39, 0.29) is 23.0 Å². The number of ether oxygens (including phenoxy) is 1. The fourth-order valence-corrected chi connectivity index (χ4v) is 3.10. The molecule has 1 saturated carbocycles. The molecule has 122 valence electrons. The summed E-state index contributed by atoms with van der Waals surface area (Å²) in [4.78, 5) is 16.5. The number of amides is 1. The van der Waals surface area contributed by atoms with Gasteiger partial charge in [-0.1, -0.05) is 19.9 Å². The molecule has 1 aromatic carbocycles. The summed E-state index contributed by atoms with van der Waals surface area (Å²) in [5.74, 6) is -0.0804. The SMILES string of the molecule is COC1(C)CC(NC(=O)c2cccc(-n3cncn3)c2)C1(C)C. The van der Waals surface area contributed by atoms with Gasteiger partial charge in [0.2, 0.25) is 0 Å². The molecule has 1 heterocycles. The Hall–Kier alpha value is -2.21. The lowest BCUT2D eigenvalue weighted by atomic mass is 9.56. The van der Waals surface area contributed by atoms with E-state index in [1.807, 2.05) is 18.2 Å². The number of carbonyl (C=O) groups is 1. The van der Waals surface area contributed by atoms with Crippen molar-refractivity contribution >= 4 is 5.91 Å². The second-order valence-corrected chi connectivity index (χ2v) is 6.78. The molecule has 2 atom stereocenters. The van der Waals surface area contributed by atoms with E-state index >= 15 is 0 Å². The van der Waals surface area contributed by atoms with Gasteiger partial charge in [-0.05, 0) is 31.5 Å². The number of aromatic nitrogens is 3. The van der Waals surface area contributed by atoms with E-state index in [9.17, 15) is 4.79 Å². The summed E-state index contributed by atoms with van der Waals surface area (Å²) in [5.41, 5.74) is 1.11. The molecule has 0 bridgehead atoms. The van der Waals surface area contributed by atoms with Crippen LogP contribution in [0.25, 0.3) is 5.69 Å². The minimum Gasteiger partial charge on any atom is -0.378 e. The Morgan fingerprint density at radius 2 is 2.17 bits per heavy atom. The first-order valence-corrected chi connectivity index (χ1v) is 7.68. The van der Waals surface area contributed by atoms with E-state index in [1.54, 1.807) is 24.2 Å². The first kappa shape index (κ1) is 15.7. The van der Waals surface area contributed by atoms with Gasteiger partial charge in [0.1, 0.15) is 12.7 Å². The third kappa shape index (κ3) is 2.53. The van der Waals surface area contributed by atoms with Gasteiger partial charge >= 0.3 is 0 Å². The van der Waals surface area contributed by atoms with E-state index in [0.717, 1.165) is 12.1 Å². The van der Waals surface area contributed by atoms with E-state index in [2.05, 4.69) is 36.2 Å². The Labute approximate surface area is 135 Å². The van der Waals surface area contributed by atoms with Crippen molar-refractivity contribution < 1.29 is 9.53 Å². The molecule has 2 unspecified atom stereocenters. The zero-order chi connectivity index (χ0) is 16.7. The highest BCUT2D eigenvalue weighted by Crippen LogP contribution is 2.51. The smallest absolute Gasteiger partial charge is 0.251 e. The van der Waals surface area contributed by atoms with Gasteiger partial charge in [0.05, 0.1) is 11.3 Å². The summed E-state index contributed by atoms with van der Waals surface area (Å²) < 4.78 is 7.24. The number of hydrogen-bond acceptors (Lipinski definition) is 4. The first-order valence-electron chi connectivity index (χ1n) is 7.68. The van der Waals surface area contributed by atoms with Crippen LogP contribution in [0.15, 0.2) is 36.9 Å². The standard InChI is InChI=1S/C17H22N4O2/c1-16(2)14(9-17(16,3)23-4)20-15(22)12-6-5-7-13(8-12)21-11-18-10-19-21/h5-8,10-11,14H,9H2,1-4H3,(H,20,22). The highest BCUT2D eigenvalue weighted by atomic mass is 16.5. The van der Waals surface area contributed by atoms with Crippen molar-refractivity contribution in [3.05, 3.63) is 42.5 Å². The van der Waals surface area contributed by atoms with Gasteiger partial charge in [0, 0.05) is 24.1 Å². The van der Waals surface area contributed by atoms with Crippen LogP contribution >= 0.6 is 0 Å².